The molecule has 1 aliphatic rings. The van der Waals surface area contributed by atoms with E-state index in [1.54, 1.807) is 24.4 Å². The fraction of sp³-hybridized carbons (Fsp3) is 0.300. The first-order chi connectivity index (χ1) is 13.6. The molecule has 2 heterocycles. The Balaban J connectivity index is 1.52. The molecule has 0 spiro atoms. The van der Waals surface area contributed by atoms with Crippen LogP contribution in [0, 0.1) is 0 Å². The number of amides is 1. The number of hydrogen-bond donors (Lipinski definition) is 1. The van der Waals surface area contributed by atoms with E-state index in [-0.39, 0.29) is 11.7 Å². The third-order valence-corrected chi connectivity index (χ3v) is 4.16. The van der Waals surface area contributed by atoms with Crippen molar-refractivity contribution in [2.45, 2.75) is 13.2 Å². The van der Waals surface area contributed by atoms with Crippen LogP contribution < -0.4 is 15.0 Å². The van der Waals surface area contributed by atoms with Crippen LogP contribution in [-0.4, -0.2) is 43.8 Å². The Morgan fingerprint density at radius 2 is 2.04 bits per heavy atom. The van der Waals surface area contributed by atoms with Crippen molar-refractivity contribution in [2.24, 2.45) is 0 Å². The number of carbonyl (C=O) groups is 1. The van der Waals surface area contributed by atoms with Crippen molar-refractivity contribution in [1.29, 1.82) is 0 Å². The molecule has 8 heteroatoms. The van der Waals surface area contributed by atoms with Gasteiger partial charge < -0.3 is 19.7 Å². The molecule has 2 aromatic rings. The molecule has 0 bridgehead atoms. The Kier molecular flexibility index (Phi) is 6.91. The quantitative estimate of drug-likeness (QED) is 0.738. The second kappa shape index (κ2) is 9.80. The van der Waals surface area contributed by atoms with Crippen LogP contribution >= 0.6 is 0 Å². The molecular formula is C20H21F2N3O3. The van der Waals surface area contributed by atoms with Crippen LogP contribution in [-0.2, 0) is 16.1 Å². The number of pyridine rings is 1. The molecule has 28 heavy (non-hydrogen) atoms. The number of ether oxygens (including phenoxy) is 2. The van der Waals surface area contributed by atoms with E-state index in [2.05, 4.69) is 19.9 Å². The van der Waals surface area contributed by atoms with E-state index in [0.29, 0.717) is 25.3 Å². The average Bonchev–Trinajstić information content (AvgIpc) is 2.72. The van der Waals surface area contributed by atoms with Gasteiger partial charge in [0, 0.05) is 37.5 Å². The summed E-state index contributed by atoms with van der Waals surface area (Å²) in [4.78, 5) is 18.6. The van der Waals surface area contributed by atoms with Gasteiger partial charge in [-0.1, -0.05) is 24.3 Å². The first-order valence-corrected chi connectivity index (χ1v) is 8.89. The standard InChI is InChI=1S/C20H21F2N3O3/c21-20(22)28-17-4-2-1-3-16(17)6-8-19(26)24-14-15-5-7-18(23-13-15)25-9-11-27-12-10-25/h1-8,13,20H,9-12,14H2,(H,24,26)/b8-6+. The van der Waals surface area contributed by atoms with Gasteiger partial charge in [0.1, 0.15) is 11.6 Å². The minimum atomic E-state index is -2.92. The van der Waals surface area contributed by atoms with Crippen LogP contribution in [0.15, 0.2) is 48.7 Å². The predicted molar refractivity (Wildman–Crippen MR) is 101 cm³/mol. The number of benzene rings is 1. The van der Waals surface area contributed by atoms with Crippen molar-refractivity contribution < 1.29 is 23.0 Å². The molecule has 1 aromatic carbocycles. The highest BCUT2D eigenvalue weighted by molar-refractivity contribution is 5.92. The Morgan fingerprint density at radius 3 is 2.75 bits per heavy atom. The summed E-state index contributed by atoms with van der Waals surface area (Å²) in [5.41, 5.74) is 1.26. The molecule has 1 aromatic heterocycles. The van der Waals surface area contributed by atoms with E-state index in [4.69, 9.17) is 4.74 Å². The lowest BCUT2D eigenvalue weighted by molar-refractivity contribution is -0.116. The molecule has 1 saturated heterocycles. The van der Waals surface area contributed by atoms with Crippen LogP contribution in [0.2, 0.25) is 0 Å². The number of hydrogen-bond acceptors (Lipinski definition) is 5. The maximum atomic E-state index is 12.4. The normalized spacial score (nSPS) is 14.5. The Morgan fingerprint density at radius 1 is 1.25 bits per heavy atom. The lowest BCUT2D eigenvalue weighted by Gasteiger charge is -2.27. The summed E-state index contributed by atoms with van der Waals surface area (Å²) in [6, 6.07) is 10.1. The van der Waals surface area contributed by atoms with E-state index < -0.39 is 6.61 Å². The Labute approximate surface area is 161 Å². The molecule has 6 nitrogen and oxygen atoms in total. The van der Waals surface area contributed by atoms with Crippen molar-refractivity contribution in [2.75, 3.05) is 31.2 Å². The van der Waals surface area contributed by atoms with Gasteiger partial charge in [0.15, 0.2) is 0 Å². The molecule has 0 unspecified atom stereocenters. The van der Waals surface area contributed by atoms with Crippen molar-refractivity contribution in [1.82, 2.24) is 10.3 Å². The monoisotopic (exact) mass is 389 g/mol. The minimum absolute atomic E-state index is 0.0180. The van der Waals surface area contributed by atoms with Crippen molar-refractivity contribution >= 4 is 17.8 Å². The van der Waals surface area contributed by atoms with Gasteiger partial charge in [-0.3, -0.25) is 4.79 Å². The second-order valence-corrected chi connectivity index (χ2v) is 6.09. The smallest absolute Gasteiger partial charge is 0.387 e. The number of nitrogens with zero attached hydrogens (tertiary/aromatic N) is 2. The Bertz CT molecular complexity index is 807. The molecule has 3 rings (SSSR count). The molecule has 1 N–H and O–H groups in total. The second-order valence-electron chi connectivity index (χ2n) is 6.09. The van der Waals surface area contributed by atoms with Crippen molar-refractivity contribution in [3.05, 3.63) is 59.8 Å². The van der Waals surface area contributed by atoms with Gasteiger partial charge in [0.25, 0.3) is 0 Å². The van der Waals surface area contributed by atoms with E-state index in [9.17, 15) is 13.6 Å². The first-order valence-electron chi connectivity index (χ1n) is 8.89. The highest BCUT2D eigenvalue weighted by Crippen LogP contribution is 2.21. The van der Waals surface area contributed by atoms with Crippen molar-refractivity contribution in [3.8, 4) is 5.75 Å². The van der Waals surface area contributed by atoms with Crippen LogP contribution in [0.4, 0.5) is 14.6 Å². The largest absolute Gasteiger partial charge is 0.434 e. The van der Waals surface area contributed by atoms with Crippen LogP contribution in [0.5, 0.6) is 5.75 Å². The Hall–Kier alpha value is -3.00. The number of alkyl halides is 2. The average molecular weight is 389 g/mol. The molecule has 1 amide bonds. The van der Waals surface area contributed by atoms with Gasteiger partial charge in [-0.05, 0) is 23.8 Å². The summed E-state index contributed by atoms with van der Waals surface area (Å²) in [5.74, 6) is 0.558. The molecule has 148 valence electrons. The summed E-state index contributed by atoms with van der Waals surface area (Å²) < 4.78 is 34.6. The topological polar surface area (TPSA) is 63.7 Å². The maximum Gasteiger partial charge on any atom is 0.387 e. The van der Waals surface area contributed by atoms with E-state index >= 15 is 0 Å². The minimum Gasteiger partial charge on any atom is -0.434 e. The molecule has 0 radical (unpaired) electrons. The fourth-order valence-electron chi connectivity index (χ4n) is 2.74. The number of anilines is 1. The summed E-state index contributed by atoms with van der Waals surface area (Å²) in [6.07, 6.45) is 4.44. The van der Waals surface area contributed by atoms with Gasteiger partial charge in [-0.25, -0.2) is 4.98 Å². The van der Waals surface area contributed by atoms with Crippen molar-refractivity contribution in [3.63, 3.8) is 0 Å². The molecule has 0 saturated carbocycles. The third-order valence-electron chi connectivity index (χ3n) is 4.16. The van der Waals surface area contributed by atoms with Gasteiger partial charge >= 0.3 is 6.61 Å². The maximum absolute atomic E-state index is 12.4. The fourth-order valence-corrected chi connectivity index (χ4v) is 2.74. The zero-order chi connectivity index (χ0) is 19.8. The molecule has 1 fully saturated rings. The number of carbonyl (C=O) groups excluding carboxylic acids is 1. The zero-order valence-electron chi connectivity index (χ0n) is 15.2. The van der Waals surface area contributed by atoms with Gasteiger partial charge in [0.05, 0.1) is 13.2 Å². The zero-order valence-corrected chi connectivity index (χ0v) is 15.2. The number of rotatable bonds is 7. The summed E-state index contributed by atoms with van der Waals surface area (Å²) in [7, 11) is 0. The highest BCUT2D eigenvalue weighted by Gasteiger charge is 2.12. The van der Waals surface area contributed by atoms with Gasteiger partial charge in [-0.2, -0.15) is 8.78 Å². The SMILES string of the molecule is O=C(/C=C/c1ccccc1OC(F)F)NCc1ccc(N2CCOCC2)nc1. The predicted octanol–water partition coefficient (Wildman–Crippen LogP) is 2.85. The van der Waals surface area contributed by atoms with E-state index in [1.165, 1.54) is 18.2 Å². The number of halogens is 2. The lowest BCUT2D eigenvalue weighted by atomic mass is 10.2. The number of para-hydroxylation sites is 1. The number of aromatic nitrogens is 1. The molecular weight excluding hydrogens is 368 g/mol. The summed E-state index contributed by atoms with van der Waals surface area (Å²) in [5, 5.41) is 2.74. The first kappa shape index (κ1) is 19.8. The van der Waals surface area contributed by atoms with Gasteiger partial charge in [0.2, 0.25) is 5.91 Å². The summed E-state index contributed by atoms with van der Waals surface area (Å²) >= 11 is 0. The summed E-state index contributed by atoms with van der Waals surface area (Å²) in [6.45, 7) is 0.398. The van der Waals surface area contributed by atoms with Gasteiger partial charge in [-0.15, -0.1) is 0 Å². The number of morpholine rings is 1. The molecule has 1 aliphatic heterocycles. The van der Waals surface area contributed by atoms with E-state index in [0.717, 1.165) is 24.5 Å². The van der Waals surface area contributed by atoms with Crippen LogP contribution in [0.1, 0.15) is 11.1 Å². The molecule has 0 aliphatic carbocycles. The number of nitrogens with one attached hydrogen (secondary N) is 1. The molecule has 0 atom stereocenters. The highest BCUT2D eigenvalue weighted by atomic mass is 19.3. The lowest BCUT2D eigenvalue weighted by Crippen LogP contribution is -2.36. The van der Waals surface area contributed by atoms with Crippen LogP contribution in [0.25, 0.3) is 6.08 Å². The van der Waals surface area contributed by atoms with E-state index in [1.807, 2.05) is 12.1 Å². The van der Waals surface area contributed by atoms with Crippen LogP contribution in [0.3, 0.4) is 0 Å². The third kappa shape index (κ3) is 5.75.